The quantitative estimate of drug-likeness (QED) is 0.763. The van der Waals surface area contributed by atoms with Crippen LogP contribution in [0.25, 0.3) is 5.69 Å². The second-order valence-corrected chi connectivity index (χ2v) is 5.83. The van der Waals surface area contributed by atoms with E-state index in [2.05, 4.69) is 47.7 Å². The van der Waals surface area contributed by atoms with Gasteiger partial charge in [0.05, 0.1) is 5.69 Å². The van der Waals surface area contributed by atoms with E-state index < -0.39 is 0 Å². The summed E-state index contributed by atoms with van der Waals surface area (Å²) in [4.78, 5) is 2.80. The van der Waals surface area contributed by atoms with Crippen molar-refractivity contribution in [2.24, 2.45) is 0 Å². The number of rotatable bonds is 5. The first-order valence-electron chi connectivity index (χ1n) is 6.76. The van der Waals surface area contributed by atoms with E-state index in [1.165, 1.54) is 9.75 Å². The molecule has 0 saturated carbocycles. The lowest BCUT2D eigenvalue weighted by atomic mass is 10.2. The molecule has 3 aromatic rings. The Labute approximate surface area is 122 Å². The Hall–Kier alpha value is -2.07. The topological polar surface area (TPSA) is 29.9 Å². The predicted octanol–water partition coefficient (Wildman–Crippen LogP) is 4.11. The molecule has 1 N–H and O–H groups in total. The van der Waals surface area contributed by atoms with Gasteiger partial charge in [-0.2, -0.15) is 5.10 Å². The molecule has 0 aliphatic rings. The van der Waals surface area contributed by atoms with Crippen LogP contribution in [0.1, 0.15) is 16.7 Å². The number of hydrogen-bond acceptors (Lipinski definition) is 3. The summed E-state index contributed by atoms with van der Waals surface area (Å²) in [6.45, 7) is 3.06. The van der Waals surface area contributed by atoms with Gasteiger partial charge in [0.15, 0.2) is 0 Å². The van der Waals surface area contributed by atoms with Gasteiger partial charge in [0, 0.05) is 34.4 Å². The molecule has 0 saturated heterocycles. The highest BCUT2D eigenvalue weighted by Gasteiger charge is 2.01. The summed E-state index contributed by atoms with van der Waals surface area (Å²) < 4.78 is 1.87. The van der Waals surface area contributed by atoms with Gasteiger partial charge in [-0.15, -0.1) is 11.3 Å². The molecule has 4 heteroatoms. The van der Waals surface area contributed by atoms with E-state index in [1.807, 2.05) is 34.3 Å². The predicted molar refractivity (Wildman–Crippen MR) is 84.6 cm³/mol. The van der Waals surface area contributed by atoms with Crippen molar-refractivity contribution in [1.82, 2.24) is 9.78 Å². The van der Waals surface area contributed by atoms with Gasteiger partial charge in [0.2, 0.25) is 0 Å². The Kier molecular flexibility index (Phi) is 3.83. The molecule has 1 aromatic carbocycles. The average Bonchev–Trinajstić information content (AvgIpc) is 3.17. The van der Waals surface area contributed by atoms with Crippen LogP contribution in [0.5, 0.6) is 0 Å². The van der Waals surface area contributed by atoms with E-state index in [0.717, 1.165) is 24.3 Å². The zero-order chi connectivity index (χ0) is 13.8. The van der Waals surface area contributed by atoms with Crippen LogP contribution in [-0.4, -0.2) is 9.78 Å². The van der Waals surface area contributed by atoms with Crippen molar-refractivity contribution in [1.29, 1.82) is 0 Å². The van der Waals surface area contributed by atoms with Gasteiger partial charge in [0.25, 0.3) is 0 Å². The monoisotopic (exact) mass is 283 g/mol. The minimum Gasteiger partial charge on any atom is -0.380 e. The largest absolute Gasteiger partial charge is 0.380 e. The molecule has 0 atom stereocenters. The molecule has 0 fully saturated rings. The highest BCUT2D eigenvalue weighted by Crippen LogP contribution is 2.19. The molecule has 0 radical (unpaired) electrons. The van der Waals surface area contributed by atoms with Crippen LogP contribution < -0.4 is 5.32 Å². The molecule has 0 spiro atoms. The van der Waals surface area contributed by atoms with Crippen molar-refractivity contribution in [3.8, 4) is 5.69 Å². The minimum absolute atomic E-state index is 0.868. The van der Waals surface area contributed by atoms with Gasteiger partial charge in [-0.1, -0.05) is 13.0 Å². The van der Waals surface area contributed by atoms with Gasteiger partial charge < -0.3 is 5.32 Å². The molecule has 2 heterocycles. The summed E-state index contributed by atoms with van der Waals surface area (Å²) in [5.74, 6) is 0. The van der Waals surface area contributed by atoms with Crippen molar-refractivity contribution >= 4 is 17.0 Å². The zero-order valence-corrected chi connectivity index (χ0v) is 12.2. The van der Waals surface area contributed by atoms with Gasteiger partial charge in [0.1, 0.15) is 0 Å². The second kappa shape index (κ2) is 5.92. The van der Waals surface area contributed by atoms with Crippen molar-refractivity contribution in [3.05, 3.63) is 64.6 Å². The number of thiophene rings is 1. The number of hydrogen-bond donors (Lipinski definition) is 1. The summed E-state index contributed by atoms with van der Waals surface area (Å²) >= 11 is 1.87. The summed E-state index contributed by atoms with van der Waals surface area (Å²) in [7, 11) is 0. The van der Waals surface area contributed by atoms with E-state index >= 15 is 0 Å². The van der Waals surface area contributed by atoms with E-state index in [-0.39, 0.29) is 0 Å². The van der Waals surface area contributed by atoms with Crippen LogP contribution in [0.15, 0.2) is 54.9 Å². The molecule has 0 aliphatic heterocycles. The fourth-order valence-electron chi connectivity index (χ4n) is 2.08. The van der Waals surface area contributed by atoms with E-state index in [4.69, 9.17) is 0 Å². The van der Waals surface area contributed by atoms with Crippen molar-refractivity contribution < 1.29 is 0 Å². The highest BCUT2D eigenvalue weighted by molar-refractivity contribution is 7.12. The summed E-state index contributed by atoms with van der Waals surface area (Å²) in [5.41, 5.74) is 2.19. The molecule has 2 aromatic heterocycles. The summed E-state index contributed by atoms with van der Waals surface area (Å²) in [6.07, 6.45) is 4.85. The fourth-order valence-corrected chi connectivity index (χ4v) is 2.97. The number of anilines is 1. The van der Waals surface area contributed by atoms with Crippen molar-refractivity contribution in [3.63, 3.8) is 0 Å². The van der Waals surface area contributed by atoms with E-state index in [0.29, 0.717) is 0 Å². The van der Waals surface area contributed by atoms with Gasteiger partial charge in [-0.05, 0) is 42.8 Å². The Bertz CT molecular complexity index is 671. The van der Waals surface area contributed by atoms with Crippen LogP contribution in [0, 0.1) is 0 Å². The number of aromatic nitrogens is 2. The maximum Gasteiger partial charge on any atom is 0.0666 e. The Morgan fingerprint density at radius 2 is 2.05 bits per heavy atom. The van der Waals surface area contributed by atoms with Crippen LogP contribution in [-0.2, 0) is 13.0 Å². The molecular formula is C16H17N3S. The summed E-state index contributed by atoms with van der Waals surface area (Å²) in [6, 6.07) is 14.6. The second-order valence-electron chi connectivity index (χ2n) is 4.58. The number of aryl methyl sites for hydroxylation is 1. The first kappa shape index (κ1) is 12.9. The van der Waals surface area contributed by atoms with Crippen LogP contribution in [0.2, 0.25) is 0 Å². The number of benzene rings is 1. The molecule has 20 heavy (non-hydrogen) atoms. The standard InChI is InChI=1S/C16H17N3S/c1-2-15-7-8-16(20-15)12-17-13-5-3-6-14(11-13)19-10-4-9-18-19/h3-11,17H,2,12H2,1H3. The Morgan fingerprint density at radius 1 is 1.15 bits per heavy atom. The lowest BCUT2D eigenvalue weighted by Crippen LogP contribution is -1.99. The third kappa shape index (κ3) is 2.91. The van der Waals surface area contributed by atoms with Gasteiger partial charge >= 0.3 is 0 Å². The van der Waals surface area contributed by atoms with Gasteiger partial charge in [-0.3, -0.25) is 0 Å². The van der Waals surface area contributed by atoms with Crippen LogP contribution in [0.4, 0.5) is 5.69 Å². The zero-order valence-electron chi connectivity index (χ0n) is 11.4. The maximum absolute atomic E-state index is 4.25. The molecule has 0 aliphatic carbocycles. The lowest BCUT2D eigenvalue weighted by Gasteiger charge is -2.07. The Balaban J connectivity index is 1.70. The third-order valence-electron chi connectivity index (χ3n) is 3.15. The first-order valence-corrected chi connectivity index (χ1v) is 7.58. The number of nitrogens with one attached hydrogen (secondary N) is 1. The maximum atomic E-state index is 4.25. The van der Waals surface area contributed by atoms with Gasteiger partial charge in [-0.25, -0.2) is 4.68 Å². The van der Waals surface area contributed by atoms with Crippen LogP contribution >= 0.6 is 11.3 Å². The normalized spacial score (nSPS) is 10.7. The molecular weight excluding hydrogens is 266 g/mol. The first-order chi connectivity index (χ1) is 9.85. The van der Waals surface area contributed by atoms with Crippen molar-refractivity contribution in [2.75, 3.05) is 5.32 Å². The lowest BCUT2D eigenvalue weighted by molar-refractivity contribution is 0.880. The third-order valence-corrected chi connectivity index (χ3v) is 4.38. The molecule has 102 valence electrons. The SMILES string of the molecule is CCc1ccc(CNc2cccc(-n3cccn3)c2)s1. The fraction of sp³-hybridized carbons (Fsp3) is 0.188. The average molecular weight is 283 g/mol. The Morgan fingerprint density at radius 3 is 2.80 bits per heavy atom. The number of nitrogens with zero attached hydrogens (tertiary/aromatic N) is 2. The van der Waals surface area contributed by atoms with E-state index in [1.54, 1.807) is 6.20 Å². The highest BCUT2D eigenvalue weighted by atomic mass is 32.1. The van der Waals surface area contributed by atoms with Crippen molar-refractivity contribution in [2.45, 2.75) is 19.9 Å². The minimum atomic E-state index is 0.868. The molecule has 0 amide bonds. The van der Waals surface area contributed by atoms with Crippen LogP contribution in [0.3, 0.4) is 0 Å². The molecule has 0 unspecified atom stereocenters. The smallest absolute Gasteiger partial charge is 0.0666 e. The van der Waals surface area contributed by atoms with E-state index in [9.17, 15) is 0 Å². The summed E-state index contributed by atoms with van der Waals surface area (Å²) in [5, 5.41) is 7.72. The molecule has 3 nitrogen and oxygen atoms in total. The molecule has 0 bridgehead atoms. The molecule has 3 rings (SSSR count).